The van der Waals surface area contributed by atoms with Crippen LogP contribution < -0.4 is 11.1 Å². The van der Waals surface area contributed by atoms with Gasteiger partial charge in [-0.05, 0) is 25.7 Å². The Morgan fingerprint density at radius 3 is 2.50 bits per heavy atom. The van der Waals surface area contributed by atoms with Crippen molar-refractivity contribution in [1.29, 1.82) is 0 Å². The van der Waals surface area contributed by atoms with Gasteiger partial charge in [0, 0.05) is 13.1 Å². The van der Waals surface area contributed by atoms with Gasteiger partial charge in [-0.1, -0.05) is 6.92 Å². The van der Waals surface area contributed by atoms with Crippen LogP contribution in [-0.2, 0) is 9.59 Å². The molecule has 0 aromatic carbocycles. The lowest BCUT2D eigenvalue weighted by atomic mass is 10.1. The number of piperidine rings is 1. The Balaban J connectivity index is 2.26. The van der Waals surface area contributed by atoms with E-state index in [2.05, 4.69) is 5.32 Å². The molecule has 0 saturated carbocycles. The van der Waals surface area contributed by atoms with Gasteiger partial charge in [0.05, 0.1) is 12.6 Å². The molecule has 1 aliphatic rings. The van der Waals surface area contributed by atoms with Crippen LogP contribution in [0.25, 0.3) is 0 Å². The van der Waals surface area contributed by atoms with Crippen molar-refractivity contribution in [2.45, 2.75) is 38.6 Å². The summed E-state index contributed by atoms with van der Waals surface area (Å²) in [6.45, 7) is 3.55. The molecular formula is C11H21N3O2. The maximum Gasteiger partial charge on any atom is 0.241 e. The van der Waals surface area contributed by atoms with Crippen LogP contribution in [0.4, 0.5) is 0 Å². The zero-order valence-corrected chi connectivity index (χ0v) is 9.87. The molecule has 1 heterocycles. The van der Waals surface area contributed by atoms with Crippen LogP contribution in [0.3, 0.4) is 0 Å². The third-order valence-electron chi connectivity index (χ3n) is 2.90. The Labute approximate surface area is 96.4 Å². The minimum atomic E-state index is -0.505. The van der Waals surface area contributed by atoms with E-state index in [1.807, 2.05) is 6.92 Å². The summed E-state index contributed by atoms with van der Waals surface area (Å²) in [7, 11) is 0. The van der Waals surface area contributed by atoms with Crippen LogP contribution in [0.1, 0.15) is 32.6 Å². The SMILES string of the molecule is CC[C@H](N)C(=O)NCC(=O)N1CCCCC1. The minimum Gasteiger partial charge on any atom is -0.346 e. The number of carbonyl (C=O) groups excluding carboxylic acids is 2. The first-order valence-corrected chi connectivity index (χ1v) is 5.96. The standard InChI is InChI=1S/C11H21N3O2/c1-2-9(12)11(16)13-8-10(15)14-6-4-3-5-7-14/h9H,2-8,12H2,1H3,(H,13,16)/t9-/m0/s1. The predicted octanol–water partition coefficient (Wildman–Crippen LogP) is -0.148. The predicted molar refractivity (Wildman–Crippen MR) is 61.7 cm³/mol. The molecule has 92 valence electrons. The fourth-order valence-corrected chi connectivity index (χ4v) is 1.73. The highest BCUT2D eigenvalue weighted by molar-refractivity contribution is 5.87. The van der Waals surface area contributed by atoms with Crippen LogP contribution in [0.2, 0.25) is 0 Å². The lowest BCUT2D eigenvalue weighted by Gasteiger charge is -2.26. The van der Waals surface area contributed by atoms with Crippen LogP contribution >= 0.6 is 0 Å². The molecule has 1 atom stereocenters. The van der Waals surface area contributed by atoms with Crippen molar-refractivity contribution in [3.63, 3.8) is 0 Å². The topological polar surface area (TPSA) is 75.4 Å². The average molecular weight is 227 g/mol. The number of nitrogens with one attached hydrogen (secondary N) is 1. The Bertz CT molecular complexity index is 250. The van der Waals surface area contributed by atoms with E-state index in [-0.39, 0.29) is 18.4 Å². The first-order valence-electron chi connectivity index (χ1n) is 5.96. The summed E-state index contributed by atoms with van der Waals surface area (Å²) >= 11 is 0. The van der Waals surface area contributed by atoms with E-state index in [4.69, 9.17) is 5.73 Å². The largest absolute Gasteiger partial charge is 0.346 e. The van der Waals surface area contributed by atoms with Gasteiger partial charge in [0.15, 0.2) is 0 Å². The Hall–Kier alpha value is -1.10. The van der Waals surface area contributed by atoms with Gasteiger partial charge < -0.3 is 16.0 Å². The normalized spacial score (nSPS) is 18.0. The third-order valence-corrected chi connectivity index (χ3v) is 2.90. The molecule has 1 aliphatic heterocycles. The lowest BCUT2D eigenvalue weighted by molar-refractivity contribution is -0.133. The number of carbonyl (C=O) groups is 2. The summed E-state index contributed by atoms with van der Waals surface area (Å²) in [6, 6.07) is -0.505. The van der Waals surface area contributed by atoms with Crippen LogP contribution in [-0.4, -0.2) is 42.4 Å². The van der Waals surface area contributed by atoms with Crippen molar-refractivity contribution in [2.24, 2.45) is 5.73 Å². The van der Waals surface area contributed by atoms with E-state index in [9.17, 15) is 9.59 Å². The summed E-state index contributed by atoms with van der Waals surface area (Å²) < 4.78 is 0. The highest BCUT2D eigenvalue weighted by atomic mass is 16.2. The van der Waals surface area contributed by atoms with E-state index < -0.39 is 6.04 Å². The number of amides is 2. The molecule has 0 bridgehead atoms. The fraction of sp³-hybridized carbons (Fsp3) is 0.818. The van der Waals surface area contributed by atoms with Gasteiger partial charge in [-0.25, -0.2) is 0 Å². The van der Waals surface area contributed by atoms with Crippen LogP contribution in [0, 0.1) is 0 Å². The summed E-state index contributed by atoms with van der Waals surface area (Å²) in [6.07, 6.45) is 3.91. The summed E-state index contributed by atoms with van der Waals surface area (Å²) in [5, 5.41) is 2.58. The van der Waals surface area contributed by atoms with E-state index in [1.165, 1.54) is 6.42 Å². The Morgan fingerprint density at radius 2 is 1.94 bits per heavy atom. The van der Waals surface area contributed by atoms with Gasteiger partial charge in [0.1, 0.15) is 0 Å². The molecule has 16 heavy (non-hydrogen) atoms. The van der Waals surface area contributed by atoms with Crippen molar-refractivity contribution in [1.82, 2.24) is 10.2 Å². The number of rotatable bonds is 4. The second-order valence-electron chi connectivity index (χ2n) is 4.17. The monoisotopic (exact) mass is 227 g/mol. The molecule has 5 nitrogen and oxygen atoms in total. The van der Waals surface area contributed by atoms with E-state index >= 15 is 0 Å². The molecule has 0 spiro atoms. The number of hydrogen-bond acceptors (Lipinski definition) is 3. The van der Waals surface area contributed by atoms with Crippen molar-refractivity contribution in [3.05, 3.63) is 0 Å². The summed E-state index contributed by atoms with van der Waals surface area (Å²) in [5.74, 6) is -0.246. The van der Waals surface area contributed by atoms with E-state index in [0.717, 1.165) is 25.9 Å². The third kappa shape index (κ3) is 3.81. The molecule has 0 aromatic rings. The van der Waals surface area contributed by atoms with Crippen molar-refractivity contribution >= 4 is 11.8 Å². The molecule has 1 rings (SSSR count). The van der Waals surface area contributed by atoms with Gasteiger partial charge in [-0.2, -0.15) is 0 Å². The van der Waals surface area contributed by atoms with Crippen molar-refractivity contribution in [2.75, 3.05) is 19.6 Å². The van der Waals surface area contributed by atoms with E-state index in [1.54, 1.807) is 4.90 Å². The molecular weight excluding hydrogens is 206 g/mol. The van der Waals surface area contributed by atoms with Gasteiger partial charge >= 0.3 is 0 Å². The number of hydrogen-bond donors (Lipinski definition) is 2. The zero-order chi connectivity index (χ0) is 12.0. The molecule has 1 saturated heterocycles. The molecule has 0 radical (unpaired) electrons. The van der Waals surface area contributed by atoms with Gasteiger partial charge in [-0.15, -0.1) is 0 Å². The Morgan fingerprint density at radius 1 is 1.31 bits per heavy atom. The molecule has 0 unspecified atom stereocenters. The lowest BCUT2D eigenvalue weighted by Crippen LogP contribution is -2.46. The summed E-state index contributed by atoms with van der Waals surface area (Å²) in [5.41, 5.74) is 5.54. The molecule has 5 heteroatoms. The van der Waals surface area contributed by atoms with Crippen LogP contribution in [0.5, 0.6) is 0 Å². The molecule has 0 aromatic heterocycles. The maximum atomic E-state index is 11.7. The number of likely N-dealkylation sites (tertiary alicyclic amines) is 1. The first-order chi connectivity index (χ1) is 7.65. The number of nitrogens with two attached hydrogens (primary N) is 1. The van der Waals surface area contributed by atoms with Crippen LogP contribution in [0.15, 0.2) is 0 Å². The van der Waals surface area contributed by atoms with Gasteiger partial charge in [0.25, 0.3) is 0 Å². The molecule has 3 N–H and O–H groups in total. The highest BCUT2D eigenvalue weighted by Gasteiger charge is 2.18. The van der Waals surface area contributed by atoms with Gasteiger partial charge in [0.2, 0.25) is 11.8 Å². The molecule has 1 fully saturated rings. The highest BCUT2D eigenvalue weighted by Crippen LogP contribution is 2.08. The molecule has 0 aliphatic carbocycles. The van der Waals surface area contributed by atoms with Gasteiger partial charge in [-0.3, -0.25) is 9.59 Å². The first kappa shape index (κ1) is 13.0. The average Bonchev–Trinajstić information content (AvgIpc) is 2.35. The quantitative estimate of drug-likeness (QED) is 0.701. The smallest absolute Gasteiger partial charge is 0.241 e. The number of nitrogens with zero attached hydrogens (tertiary/aromatic N) is 1. The zero-order valence-electron chi connectivity index (χ0n) is 9.87. The fourth-order valence-electron chi connectivity index (χ4n) is 1.73. The second-order valence-corrected chi connectivity index (χ2v) is 4.17. The van der Waals surface area contributed by atoms with Crippen molar-refractivity contribution < 1.29 is 9.59 Å². The Kier molecular flexibility index (Phi) is 5.25. The summed E-state index contributed by atoms with van der Waals surface area (Å²) in [4.78, 5) is 24.8. The van der Waals surface area contributed by atoms with Crippen molar-refractivity contribution in [3.8, 4) is 0 Å². The maximum absolute atomic E-state index is 11.7. The minimum absolute atomic E-state index is 0.00338. The van der Waals surface area contributed by atoms with E-state index in [0.29, 0.717) is 6.42 Å². The molecule has 2 amide bonds. The second kappa shape index (κ2) is 6.48.